The molecule has 0 radical (unpaired) electrons. The average Bonchev–Trinajstić information content (AvgIpc) is 3.48. The minimum atomic E-state index is -0.299. The van der Waals surface area contributed by atoms with Gasteiger partial charge < -0.3 is 9.32 Å². The average molecular weight is 430 g/mol. The van der Waals surface area contributed by atoms with Gasteiger partial charge in [0.05, 0.1) is 18.5 Å². The molecule has 1 aliphatic rings. The first-order valence-electron chi connectivity index (χ1n) is 10.8. The third-order valence-electron chi connectivity index (χ3n) is 5.76. The van der Waals surface area contributed by atoms with E-state index in [9.17, 15) is 9.18 Å². The van der Waals surface area contributed by atoms with Crippen LogP contribution in [0.25, 0.3) is 5.69 Å². The molecule has 3 heterocycles. The molecule has 0 N–H and O–H groups in total. The molecule has 0 unspecified atom stereocenters. The second-order valence-corrected chi connectivity index (χ2v) is 7.97. The van der Waals surface area contributed by atoms with Crippen molar-refractivity contribution in [3.63, 3.8) is 0 Å². The summed E-state index contributed by atoms with van der Waals surface area (Å²) in [4.78, 5) is 19.7. The van der Waals surface area contributed by atoms with Crippen LogP contribution in [0.1, 0.15) is 45.9 Å². The van der Waals surface area contributed by atoms with Crippen LogP contribution in [0.3, 0.4) is 0 Å². The molecule has 1 aromatic carbocycles. The molecule has 32 heavy (non-hydrogen) atoms. The van der Waals surface area contributed by atoms with Crippen molar-refractivity contribution in [3.8, 4) is 5.69 Å². The molecule has 0 aliphatic heterocycles. The van der Waals surface area contributed by atoms with Crippen molar-refractivity contribution in [3.05, 3.63) is 101 Å². The molecule has 1 amide bonds. The van der Waals surface area contributed by atoms with Gasteiger partial charge in [0, 0.05) is 30.2 Å². The van der Waals surface area contributed by atoms with Crippen molar-refractivity contribution >= 4 is 5.91 Å². The highest BCUT2D eigenvalue weighted by Crippen LogP contribution is 2.28. The molecule has 0 bridgehead atoms. The van der Waals surface area contributed by atoms with E-state index in [1.165, 1.54) is 12.1 Å². The predicted molar refractivity (Wildman–Crippen MR) is 117 cm³/mol. The number of aromatic nitrogens is 3. The van der Waals surface area contributed by atoms with Crippen LogP contribution < -0.4 is 0 Å². The van der Waals surface area contributed by atoms with Crippen LogP contribution in [-0.4, -0.2) is 25.6 Å². The van der Waals surface area contributed by atoms with E-state index in [4.69, 9.17) is 9.52 Å². The van der Waals surface area contributed by atoms with Crippen LogP contribution in [0.4, 0.5) is 4.39 Å². The standard InChI is InChI=1S/C25H23FN4O2/c26-19-9-11-20(12-10-19)30-23-8-2-1-7-22(23)24(28-30)25(31)29(17-21-6-4-14-32-21)16-18-5-3-13-27-15-18/h3-6,9-15H,1-2,7-8,16-17H2. The SMILES string of the molecule is O=C(c1nn(-c2ccc(F)cc2)c2c1CCCC2)N(Cc1cccnc1)Cc1ccco1. The summed E-state index contributed by atoms with van der Waals surface area (Å²) < 4.78 is 20.8. The van der Waals surface area contributed by atoms with Gasteiger partial charge in [-0.3, -0.25) is 9.78 Å². The Hall–Kier alpha value is -3.74. The van der Waals surface area contributed by atoms with Crippen molar-refractivity contribution in [2.45, 2.75) is 38.8 Å². The first-order chi connectivity index (χ1) is 15.7. The number of furan rings is 1. The van der Waals surface area contributed by atoms with Gasteiger partial charge in [-0.2, -0.15) is 5.10 Å². The molecule has 5 rings (SSSR count). The monoisotopic (exact) mass is 430 g/mol. The van der Waals surface area contributed by atoms with Gasteiger partial charge in [0.15, 0.2) is 5.69 Å². The number of halogens is 1. The maximum absolute atomic E-state index is 13.8. The Bertz CT molecular complexity index is 1200. The van der Waals surface area contributed by atoms with E-state index >= 15 is 0 Å². The van der Waals surface area contributed by atoms with Gasteiger partial charge >= 0.3 is 0 Å². The van der Waals surface area contributed by atoms with Crippen molar-refractivity contribution in [2.75, 3.05) is 0 Å². The van der Waals surface area contributed by atoms with E-state index in [2.05, 4.69) is 4.98 Å². The second-order valence-electron chi connectivity index (χ2n) is 7.97. The first kappa shape index (κ1) is 20.2. The van der Waals surface area contributed by atoms with Gasteiger partial charge in [0.2, 0.25) is 0 Å². The topological polar surface area (TPSA) is 64.2 Å². The molecule has 4 aromatic rings. The molecule has 0 saturated heterocycles. The highest BCUT2D eigenvalue weighted by molar-refractivity contribution is 5.94. The number of benzene rings is 1. The van der Waals surface area contributed by atoms with Gasteiger partial charge in [-0.15, -0.1) is 0 Å². The summed E-state index contributed by atoms with van der Waals surface area (Å²) in [5.74, 6) is 0.255. The first-order valence-corrected chi connectivity index (χ1v) is 10.8. The van der Waals surface area contributed by atoms with Crippen molar-refractivity contribution in [1.82, 2.24) is 19.7 Å². The smallest absolute Gasteiger partial charge is 0.275 e. The summed E-state index contributed by atoms with van der Waals surface area (Å²) in [6, 6.07) is 13.7. The Labute approximate surface area is 185 Å². The Morgan fingerprint density at radius 1 is 1.06 bits per heavy atom. The van der Waals surface area contributed by atoms with Crippen LogP contribution in [0.15, 0.2) is 71.6 Å². The summed E-state index contributed by atoms with van der Waals surface area (Å²) in [5.41, 5.74) is 4.17. The van der Waals surface area contributed by atoms with Gasteiger partial charge in [-0.1, -0.05) is 6.07 Å². The molecule has 6 nitrogen and oxygen atoms in total. The van der Waals surface area contributed by atoms with Crippen LogP contribution in [0, 0.1) is 5.82 Å². The van der Waals surface area contributed by atoms with Crippen molar-refractivity contribution in [1.29, 1.82) is 0 Å². The lowest BCUT2D eigenvalue weighted by Crippen LogP contribution is -2.31. The van der Waals surface area contributed by atoms with Crippen molar-refractivity contribution < 1.29 is 13.6 Å². The van der Waals surface area contributed by atoms with Gasteiger partial charge in [0.25, 0.3) is 5.91 Å². The van der Waals surface area contributed by atoms with E-state index in [0.717, 1.165) is 48.2 Å². The summed E-state index contributed by atoms with van der Waals surface area (Å²) >= 11 is 0. The maximum atomic E-state index is 13.8. The molecule has 1 aliphatic carbocycles. The fraction of sp³-hybridized carbons (Fsp3) is 0.240. The number of amides is 1. The lowest BCUT2D eigenvalue weighted by molar-refractivity contribution is 0.0710. The van der Waals surface area contributed by atoms with E-state index in [1.807, 2.05) is 24.3 Å². The number of carbonyl (C=O) groups is 1. The highest BCUT2D eigenvalue weighted by Gasteiger charge is 2.29. The van der Waals surface area contributed by atoms with E-state index in [-0.39, 0.29) is 11.7 Å². The third kappa shape index (κ3) is 4.06. The third-order valence-corrected chi connectivity index (χ3v) is 5.76. The summed E-state index contributed by atoms with van der Waals surface area (Å²) in [6.45, 7) is 0.727. The normalized spacial score (nSPS) is 13.0. The minimum absolute atomic E-state index is 0.149. The molecule has 3 aromatic heterocycles. The fourth-order valence-electron chi connectivity index (χ4n) is 4.22. The largest absolute Gasteiger partial charge is 0.467 e. The Morgan fingerprint density at radius 3 is 2.66 bits per heavy atom. The predicted octanol–water partition coefficient (Wildman–Crippen LogP) is 4.72. The van der Waals surface area contributed by atoms with Crippen LogP contribution in [-0.2, 0) is 25.9 Å². The Kier molecular flexibility index (Phi) is 5.54. The van der Waals surface area contributed by atoms with E-state index < -0.39 is 0 Å². The quantitative estimate of drug-likeness (QED) is 0.444. The zero-order valence-corrected chi connectivity index (χ0v) is 17.6. The molecule has 0 spiro atoms. The van der Waals surface area contributed by atoms with E-state index in [1.54, 1.807) is 40.4 Å². The fourth-order valence-corrected chi connectivity index (χ4v) is 4.22. The van der Waals surface area contributed by atoms with Crippen LogP contribution in [0.2, 0.25) is 0 Å². The maximum Gasteiger partial charge on any atom is 0.275 e. The molecule has 162 valence electrons. The zero-order valence-electron chi connectivity index (χ0n) is 17.6. The lowest BCUT2D eigenvalue weighted by Gasteiger charge is -2.22. The number of fused-ring (bicyclic) bond motifs is 1. The molecular weight excluding hydrogens is 407 g/mol. The van der Waals surface area contributed by atoms with Gasteiger partial charge in [-0.25, -0.2) is 9.07 Å². The molecule has 0 saturated carbocycles. The number of carbonyl (C=O) groups excluding carboxylic acids is 1. The van der Waals surface area contributed by atoms with Gasteiger partial charge in [-0.05, 0) is 73.7 Å². The number of hydrogen-bond donors (Lipinski definition) is 0. The van der Waals surface area contributed by atoms with Crippen LogP contribution >= 0.6 is 0 Å². The number of pyridine rings is 1. The molecular formula is C25H23FN4O2. The number of hydrogen-bond acceptors (Lipinski definition) is 4. The molecule has 7 heteroatoms. The number of nitrogens with zero attached hydrogens (tertiary/aromatic N) is 4. The summed E-state index contributed by atoms with van der Waals surface area (Å²) in [7, 11) is 0. The Balaban J connectivity index is 1.53. The summed E-state index contributed by atoms with van der Waals surface area (Å²) in [5, 5.41) is 4.74. The lowest BCUT2D eigenvalue weighted by atomic mass is 9.95. The Morgan fingerprint density at radius 2 is 1.91 bits per heavy atom. The van der Waals surface area contributed by atoms with Gasteiger partial charge in [0.1, 0.15) is 11.6 Å². The molecule has 0 atom stereocenters. The summed E-state index contributed by atoms with van der Waals surface area (Å²) in [6.07, 6.45) is 8.78. The van der Waals surface area contributed by atoms with Crippen LogP contribution in [0.5, 0.6) is 0 Å². The number of rotatable bonds is 6. The minimum Gasteiger partial charge on any atom is -0.467 e. The molecule has 0 fully saturated rings. The second kappa shape index (κ2) is 8.78. The van der Waals surface area contributed by atoms with E-state index in [0.29, 0.717) is 24.5 Å². The zero-order chi connectivity index (χ0) is 21.9. The van der Waals surface area contributed by atoms with Crippen molar-refractivity contribution in [2.24, 2.45) is 0 Å². The highest BCUT2D eigenvalue weighted by atomic mass is 19.1.